The third-order valence-electron chi connectivity index (χ3n) is 3.38. The molecule has 0 aliphatic rings. The summed E-state index contributed by atoms with van der Waals surface area (Å²) in [4.78, 5) is 23.7. The van der Waals surface area contributed by atoms with Gasteiger partial charge in [-0.05, 0) is 30.5 Å². The van der Waals surface area contributed by atoms with E-state index < -0.39 is 12.0 Å². The smallest absolute Gasteiger partial charge is 0.328 e. The van der Waals surface area contributed by atoms with Crippen molar-refractivity contribution in [2.75, 3.05) is 7.11 Å². The first kappa shape index (κ1) is 16.2. The minimum atomic E-state index is -0.644. The van der Waals surface area contributed by atoms with E-state index in [-0.39, 0.29) is 11.8 Å². The van der Waals surface area contributed by atoms with Crippen molar-refractivity contribution in [3.63, 3.8) is 0 Å². The van der Waals surface area contributed by atoms with Gasteiger partial charge in [0, 0.05) is 12.3 Å². The Balaban J connectivity index is 2.96. The molecule has 0 aromatic heterocycles. The fourth-order valence-electron chi connectivity index (χ4n) is 2.05. The molecule has 1 atom stereocenters. The molecule has 0 spiro atoms. The maximum atomic E-state index is 11.9. The first-order chi connectivity index (χ1) is 9.36. The minimum absolute atomic E-state index is 0.147. The van der Waals surface area contributed by atoms with Crippen LogP contribution in [0.25, 0.3) is 0 Å². The summed E-state index contributed by atoms with van der Waals surface area (Å²) in [6.45, 7) is 7.59. The van der Waals surface area contributed by atoms with E-state index in [0.29, 0.717) is 6.42 Å². The van der Waals surface area contributed by atoms with E-state index in [0.717, 1.165) is 16.7 Å². The molecule has 1 rings (SSSR count). The van der Waals surface area contributed by atoms with Crippen molar-refractivity contribution >= 4 is 11.9 Å². The van der Waals surface area contributed by atoms with Crippen molar-refractivity contribution in [2.45, 2.75) is 40.2 Å². The second-order valence-corrected chi connectivity index (χ2v) is 5.31. The molecule has 4 nitrogen and oxygen atoms in total. The summed E-state index contributed by atoms with van der Waals surface area (Å²) in [6, 6.07) is 5.34. The third-order valence-corrected chi connectivity index (χ3v) is 3.38. The zero-order valence-electron chi connectivity index (χ0n) is 12.8. The molecule has 0 heterocycles. The monoisotopic (exact) mass is 277 g/mol. The average Bonchev–Trinajstić information content (AvgIpc) is 2.40. The Kier molecular flexibility index (Phi) is 5.74. The zero-order chi connectivity index (χ0) is 15.3. The summed E-state index contributed by atoms with van der Waals surface area (Å²) in [7, 11) is 1.33. The standard InChI is InChI=1S/C16H23NO3/c1-10(2)15(18)17-14(16(19)20-5)9-13-11(3)7-6-8-12(13)4/h6-8,10,14H,9H2,1-5H3,(H,17,18)/t14-/m1/s1. The molecule has 1 amide bonds. The molecule has 0 saturated carbocycles. The quantitative estimate of drug-likeness (QED) is 0.839. The summed E-state index contributed by atoms with van der Waals surface area (Å²) in [5.74, 6) is -0.728. The van der Waals surface area contributed by atoms with Crippen LogP contribution in [0.4, 0.5) is 0 Å². The Morgan fingerprint density at radius 1 is 1.20 bits per heavy atom. The molecule has 0 fully saturated rings. The molecule has 0 saturated heterocycles. The Hall–Kier alpha value is -1.84. The number of hydrogen-bond donors (Lipinski definition) is 1. The highest BCUT2D eigenvalue weighted by atomic mass is 16.5. The largest absolute Gasteiger partial charge is 0.467 e. The molecular formula is C16H23NO3. The number of esters is 1. The molecule has 4 heteroatoms. The Morgan fingerprint density at radius 2 is 1.75 bits per heavy atom. The van der Waals surface area contributed by atoms with E-state index in [1.807, 2.05) is 32.0 Å². The summed E-state index contributed by atoms with van der Waals surface area (Å²) in [5, 5.41) is 2.76. The van der Waals surface area contributed by atoms with Gasteiger partial charge in [0.1, 0.15) is 6.04 Å². The van der Waals surface area contributed by atoms with E-state index in [1.54, 1.807) is 13.8 Å². The maximum absolute atomic E-state index is 11.9. The molecule has 0 radical (unpaired) electrons. The van der Waals surface area contributed by atoms with Crippen LogP contribution in [-0.2, 0) is 20.7 Å². The van der Waals surface area contributed by atoms with Crippen molar-refractivity contribution in [3.8, 4) is 0 Å². The van der Waals surface area contributed by atoms with Crippen LogP contribution in [0.2, 0.25) is 0 Å². The van der Waals surface area contributed by atoms with Gasteiger partial charge in [-0.1, -0.05) is 32.0 Å². The lowest BCUT2D eigenvalue weighted by molar-refractivity contribution is -0.145. The normalized spacial score (nSPS) is 12.1. The van der Waals surface area contributed by atoms with Crippen molar-refractivity contribution in [1.29, 1.82) is 0 Å². The lowest BCUT2D eigenvalue weighted by Gasteiger charge is -2.20. The fourth-order valence-corrected chi connectivity index (χ4v) is 2.05. The van der Waals surface area contributed by atoms with Crippen LogP contribution in [0.15, 0.2) is 18.2 Å². The molecule has 0 bridgehead atoms. The van der Waals surface area contributed by atoms with E-state index in [2.05, 4.69) is 5.32 Å². The zero-order valence-corrected chi connectivity index (χ0v) is 12.8. The van der Waals surface area contributed by atoms with Gasteiger partial charge < -0.3 is 10.1 Å². The van der Waals surface area contributed by atoms with Crippen LogP contribution in [0, 0.1) is 19.8 Å². The first-order valence-corrected chi connectivity index (χ1v) is 6.80. The van der Waals surface area contributed by atoms with Gasteiger partial charge in [-0.15, -0.1) is 0 Å². The SMILES string of the molecule is COC(=O)[C@@H](Cc1c(C)cccc1C)NC(=O)C(C)C. The van der Waals surface area contributed by atoms with E-state index in [4.69, 9.17) is 4.74 Å². The highest BCUT2D eigenvalue weighted by molar-refractivity contribution is 5.85. The third kappa shape index (κ3) is 4.08. The summed E-state index contributed by atoms with van der Waals surface area (Å²) in [6.07, 6.45) is 0.448. The number of rotatable bonds is 5. The molecule has 1 aromatic rings. The lowest BCUT2D eigenvalue weighted by atomic mass is 9.96. The topological polar surface area (TPSA) is 55.4 Å². The van der Waals surface area contributed by atoms with Crippen molar-refractivity contribution in [3.05, 3.63) is 34.9 Å². The summed E-state index contributed by atoms with van der Waals surface area (Å²) < 4.78 is 4.79. The Bertz CT molecular complexity index is 474. The predicted molar refractivity (Wildman–Crippen MR) is 78.4 cm³/mol. The van der Waals surface area contributed by atoms with Gasteiger partial charge in [-0.2, -0.15) is 0 Å². The van der Waals surface area contributed by atoms with E-state index in [9.17, 15) is 9.59 Å². The van der Waals surface area contributed by atoms with Crippen LogP contribution in [0.1, 0.15) is 30.5 Å². The predicted octanol–water partition coefficient (Wildman–Crippen LogP) is 2.16. The second kappa shape index (κ2) is 7.08. The molecule has 1 N–H and O–H groups in total. The van der Waals surface area contributed by atoms with Gasteiger partial charge in [0.05, 0.1) is 7.11 Å². The number of amides is 1. The number of carbonyl (C=O) groups is 2. The number of aryl methyl sites for hydroxylation is 2. The molecular weight excluding hydrogens is 254 g/mol. The Morgan fingerprint density at radius 3 is 2.20 bits per heavy atom. The first-order valence-electron chi connectivity index (χ1n) is 6.80. The van der Waals surface area contributed by atoms with Crippen molar-refractivity contribution < 1.29 is 14.3 Å². The second-order valence-electron chi connectivity index (χ2n) is 5.31. The molecule has 0 unspecified atom stereocenters. The lowest BCUT2D eigenvalue weighted by Crippen LogP contribution is -2.44. The van der Waals surface area contributed by atoms with Gasteiger partial charge in [-0.3, -0.25) is 4.79 Å². The van der Waals surface area contributed by atoms with Gasteiger partial charge in [0.25, 0.3) is 0 Å². The number of ether oxygens (including phenoxy) is 1. The average molecular weight is 277 g/mol. The van der Waals surface area contributed by atoms with Crippen LogP contribution in [0.3, 0.4) is 0 Å². The van der Waals surface area contributed by atoms with Crippen LogP contribution < -0.4 is 5.32 Å². The number of hydrogen-bond acceptors (Lipinski definition) is 3. The van der Waals surface area contributed by atoms with Gasteiger partial charge in [-0.25, -0.2) is 4.79 Å². The minimum Gasteiger partial charge on any atom is -0.467 e. The molecule has 110 valence electrons. The molecule has 1 aromatic carbocycles. The van der Waals surface area contributed by atoms with Crippen LogP contribution in [0.5, 0.6) is 0 Å². The number of methoxy groups -OCH3 is 1. The highest BCUT2D eigenvalue weighted by Gasteiger charge is 2.24. The number of carbonyl (C=O) groups excluding carboxylic acids is 2. The van der Waals surface area contributed by atoms with Gasteiger partial charge in [0.2, 0.25) is 5.91 Å². The Labute approximate surface area is 120 Å². The van der Waals surface area contributed by atoms with E-state index in [1.165, 1.54) is 7.11 Å². The van der Waals surface area contributed by atoms with E-state index >= 15 is 0 Å². The molecule has 0 aliphatic carbocycles. The number of benzene rings is 1. The van der Waals surface area contributed by atoms with Crippen LogP contribution in [-0.4, -0.2) is 25.0 Å². The van der Waals surface area contributed by atoms with Gasteiger partial charge in [0.15, 0.2) is 0 Å². The highest BCUT2D eigenvalue weighted by Crippen LogP contribution is 2.16. The summed E-state index contributed by atoms with van der Waals surface area (Å²) >= 11 is 0. The van der Waals surface area contributed by atoms with Gasteiger partial charge >= 0.3 is 5.97 Å². The number of nitrogens with one attached hydrogen (secondary N) is 1. The fraction of sp³-hybridized carbons (Fsp3) is 0.500. The summed E-state index contributed by atoms with van der Waals surface area (Å²) in [5.41, 5.74) is 3.29. The maximum Gasteiger partial charge on any atom is 0.328 e. The molecule has 20 heavy (non-hydrogen) atoms. The van der Waals surface area contributed by atoms with Crippen LogP contribution >= 0.6 is 0 Å². The van der Waals surface area contributed by atoms with Crippen molar-refractivity contribution in [2.24, 2.45) is 5.92 Å². The molecule has 0 aliphatic heterocycles. The van der Waals surface area contributed by atoms with Crippen molar-refractivity contribution in [1.82, 2.24) is 5.32 Å².